The lowest BCUT2D eigenvalue weighted by Crippen LogP contribution is -2.32. The third-order valence-corrected chi connectivity index (χ3v) is 4.04. The third kappa shape index (κ3) is 4.31. The van der Waals surface area contributed by atoms with Gasteiger partial charge in [-0.2, -0.15) is 0 Å². The van der Waals surface area contributed by atoms with Crippen molar-refractivity contribution in [3.63, 3.8) is 0 Å². The molecular formula is C19H24N2S. The van der Waals surface area contributed by atoms with Crippen molar-refractivity contribution in [3.8, 4) is 0 Å². The molecule has 0 aliphatic heterocycles. The summed E-state index contributed by atoms with van der Waals surface area (Å²) in [6.45, 7) is 8.52. The SMILES string of the molecule is CCC(NC(=S)Nc1ccc(C)cc1)c1ccc(C)cc1C. The first-order valence-electron chi connectivity index (χ1n) is 7.71. The highest BCUT2D eigenvalue weighted by Gasteiger charge is 2.13. The Labute approximate surface area is 139 Å². The Hall–Kier alpha value is -1.87. The van der Waals surface area contributed by atoms with Crippen LogP contribution >= 0.6 is 12.2 Å². The number of aryl methyl sites for hydroxylation is 3. The molecule has 2 nitrogen and oxygen atoms in total. The Morgan fingerprint density at radius 3 is 2.23 bits per heavy atom. The highest BCUT2D eigenvalue weighted by Crippen LogP contribution is 2.22. The van der Waals surface area contributed by atoms with Gasteiger partial charge >= 0.3 is 0 Å². The van der Waals surface area contributed by atoms with Gasteiger partial charge in [-0.1, -0.05) is 48.4 Å². The van der Waals surface area contributed by atoms with Gasteiger partial charge in [-0.25, -0.2) is 0 Å². The van der Waals surface area contributed by atoms with Crippen LogP contribution in [-0.4, -0.2) is 5.11 Å². The van der Waals surface area contributed by atoms with Crippen LogP contribution in [-0.2, 0) is 0 Å². The molecule has 0 saturated carbocycles. The molecular weight excluding hydrogens is 288 g/mol. The van der Waals surface area contributed by atoms with E-state index in [1.807, 2.05) is 12.1 Å². The Morgan fingerprint density at radius 2 is 1.64 bits per heavy atom. The monoisotopic (exact) mass is 312 g/mol. The van der Waals surface area contributed by atoms with E-state index in [2.05, 4.69) is 68.7 Å². The molecule has 0 radical (unpaired) electrons. The molecule has 1 unspecified atom stereocenters. The summed E-state index contributed by atoms with van der Waals surface area (Å²) in [6.07, 6.45) is 0.986. The maximum Gasteiger partial charge on any atom is 0.171 e. The summed E-state index contributed by atoms with van der Waals surface area (Å²) in [4.78, 5) is 0. The molecule has 0 aliphatic rings. The normalized spacial score (nSPS) is 11.8. The van der Waals surface area contributed by atoms with Gasteiger partial charge in [0.1, 0.15) is 0 Å². The van der Waals surface area contributed by atoms with E-state index in [1.165, 1.54) is 22.3 Å². The highest BCUT2D eigenvalue weighted by atomic mass is 32.1. The Kier molecular flexibility index (Phi) is 5.56. The molecule has 2 N–H and O–H groups in total. The lowest BCUT2D eigenvalue weighted by Gasteiger charge is -2.22. The van der Waals surface area contributed by atoms with E-state index in [0.29, 0.717) is 5.11 Å². The van der Waals surface area contributed by atoms with E-state index in [9.17, 15) is 0 Å². The van der Waals surface area contributed by atoms with Crippen molar-refractivity contribution < 1.29 is 0 Å². The van der Waals surface area contributed by atoms with Gasteiger partial charge in [-0.15, -0.1) is 0 Å². The molecule has 0 fully saturated rings. The fraction of sp³-hybridized carbons (Fsp3) is 0.316. The smallest absolute Gasteiger partial charge is 0.171 e. The van der Waals surface area contributed by atoms with Crippen LogP contribution in [0.4, 0.5) is 5.69 Å². The van der Waals surface area contributed by atoms with Crippen LogP contribution < -0.4 is 10.6 Å². The fourth-order valence-corrected chi connectivity index (χ4v) is 2.84. The molecule has 2 rings (SSSR count). The lowest BCUT2D eigenvalue weighted by atomic mass is 9.98. The molecule has 116 valence electrons. The summed E-state index contributed by atoms with van der Waals surface area (Å²) < 4.78 is 0. The van der Waals surface area contributed by atoms with E-state index in [1.54, 1.807) is 0 Å². The standard InChI is InChI=1S/C19H24N2S/c1-5-18(17-11-8-14(3)12-15(17)4)21-19(22)20-16-9-6-13(2)7-10-16/h6-12,18H,5H2,1-4H3,(H2,20,21,22). The van der Waals surface area contributed by atoms with Crippen LogP contribution in [0.1, 0.15) is 41.6 Å². The predicted octanol–water partition coefficient (Wildman–Crippen LogP) is 5.05. The number of hydrogen-bond donors (Lipinski definition) is 2. The maximum absolute atomic E-state index is 5.46. The number of hydrogen-bond acceptors (Lipinski definition) is 1. The van der Waals surface area contributed by atoms with Gasteiger partial charge in [0.05, 0.1) is 6.04 Å². The molecule has 0 bridgehead atoms. The number of anilines is 1. The molecule has 0 saturated heterocycles. The topological polar surface area (TPSA) is 24.1 Å². The molecule has 0 aromatic heterocycles. The molecule has 0 amide bonds. The van der Waals surface area contributed by atoms with Crippen LogP contribution in [0.15, 0.2) is 42.5 Å². The summed E-state index contributed by atoms with van der Waals surface area (Å²) in [5.41, 5.74) is 6.15. The first kappa shape index (κ1) is 16.5. The molecule has 3 heteroatoms. The van der Waals surface area contributed by atoms with Gasteiger partial charge in [-0.3, -0.25) is 0 Å². The summed E-state index contributed by atoms with van der Waals surface area (Å²) >= 11 is 5.46. The fourth-order valence-electron chi connectivity index (χ4n) is 2.58. The second kappa shape index (κ2) is 7.41. The largest absolute Gasteiger partial charge is 0.356 e. The molecule has 0 aliphatic carbocycles. The second-order valence-corrected chi connectivity index (χ2v) is 6.19. The summed E-state index contributed by atoms with van der Waals surface area (Å²) in [6, 6.07) is 15.0. The predicted molar refractivity (Wildman–Crippen MR) is 99.5 cm³/mol. The van der Waals surface area contributed by atoms with Crippen molar-refractivity contribution >= 4 is 23.0 Å². The van der Waals surface area contributed by atoms with Crippen LogP contribution in [0.2, 0.25) is 0 Å². The van der Waals surface area contributed by atoms with Crippen LogP contribution in [0.25, 0.3) is 0 Å². The van der Waals surface area contributed by atoms with E-state index in [0.717, 1.165) is 12.1 Å². The minimum absolute atomic E-state index is 0.228. The minimum Gasteiger partial charge on any atom is -0.356 e. The average Bonchev–Trinajstić information content (AvgIpc) is 2.48. The van der Waals surface area contributed by atoms with Crippen LogP contribution in [0.3, 0.4) is 0 Å². The summed E-state index contributed by atoms with van der Waals surface area (Å²) in [5, 5.41) is 7.34. The Bertz CT molecular complexity index is 647. The zero-order chi connectivity index (χ0) is 16.1. The van der Waals surface area contributed by atoms with Gasteiger partial charge in [0.2, 0.25) is 0 Å². The Balaban J connectivity index is 2.06. The molecule has 22 heavy (non-hydrogen) atoms. The second-order valence-electron chi connectivity index (χ2n) is 5.79. The van der Waals surface area contributed by atoms with E-state index >= 15 is 0 Å². The molecule has 1 atom stereocenters. The lowest BCUT2D eigenvalue weighted by molar-refractivity contribution is 0.625. The van der Waals surface area contributed by atoms with E-state index < -0.39 is 0 Å². The van der Waals surface area contributed by atoms with Crippen molar-refractivity contribution in [3.05, 3.63) is 64.7 Å². The van der Waals surface area contributed by atoms with Crippen molar-refractivity contribution in [2.75, 3.05) is 5.32 Å². The maximum atomic E-state index is 5.46. The number of benzene rings is 2. The van der Waals surface area contributed by atoms with Crippen molar-refractivity contribution in [1.82, 2.24) is 5.32 Å². The summed E-state index contributed by atoms with van der Waals surface area (Å²) in [5.74, 6) is 0. The molecule has 2 aromatic rings. The van der Waals surface area contributed by atoms with Gasteiger partial charge in [-0.05, 0) is 62.7 Å². The molecule has 2 aromatic carbocycles. The Morgan fingerprint density at radius 1 is 1.00 bits per heavy atom. The third-order valence-electron chi connectivity index (χ3n) is 3.82. The molecule has 0 heterocycles. The van der Waals surface area contributed by atoms with Crippen molar-refractivity contribution in [2.45, 2.75) is 40.2 Å². The first-order valence-corrected chi connectivity index (χ1v) is 8.11. The van der Waals surface area contributed by atoms with Gasteiger partial charge < -0.3 is 10.6 Å². The quantitative estimate of drug-likeness (QED) is 0.773. The summed E-state index contributed by atoms with van der Waals surface area (Å²) in [7, 11) is 0. The van der Waals surface area contributed by atoms with E-state index in [-0.39, 0.29) is 6.04 Å². The zero-order valence-corrected chi connectivity index (χ0v) is 14.6. The number of nitrogens with one attached hydrogen (secondary N) is 2. The van der Waals surface area contributed by atoms with Gasteiger partial charge in [0.15, 0.2) is 5.11 Å². The first-order chi connectivity index (χ1) is 10.5. The van der Waals surface area contributed by atoms with Crippen molar-refractivity contribution in [1.29, 1.82) is 0 Å². The van der Waals surface area contributed by atoms with Crippen molar-refractivity contribution in [2.24, 2.45) is 0 Å². The van der Waals surface area contributed by atoms with E-state index in [4.69, 9.17) is 12.2 Å². The highest BCUT2D eigenvalue weighted by molar-refractivity contribution is 7.80. The number of rotatable bonds is 4. The average molecular weight is 312 g/mol. The zero-order valence-electron chi connectivity index (χ0n) is 13.7. The van der Waals surface area contributed by atoms with Crippen LogP contribution in [0.5, 0.6) is 0 Å². The minimum atomic E-state index is 0.228. The molecule has 0 spiro atoms. The van der Waals surface area contributed by atoms with Crippen LogP contribution in [0, 0.1) is 20.8 Å². The van der Waals surface area contributed by atoms with Gasteiger partial charge in [0, 0.05) is 5.69 Å². The number of thiocarbonyl (C=S) groups is 1. The van der Waals surface area contributed by atoms with Gasteiger partial charge in [0.25, 0.3) is 0 Å².